The van der Waals surface area contributed by atoms with Gasteiger partial charge in [0, 0.05) is 26.3 Å². The summed E-state index contributed by atoms with van der Waals surface area (Å²) in [6.45, 7) is 2.44. The lowest BCUT2D eigenvalue weighted by atomic mass is 10.1. The first kappa shape index (κ1) is 14.6. The van der Waals surface area contributed by atoms with Crippen LogP contribution in [0, 0.1) is 12.7 Å². The highest BCUT2D eigenvalue weighted by atomic mass is 19.1. The second kappa shape index (κ2) is 7.08. The molecule has 0 aliphatic rings. The van der Waals surface area contributed by atoms with Gasteiger partial charge in [-0.1, -0.05) is 0 Å². The lowest BCUT2D eigenvalue weighted by Gasteiger charge is -2.15. The zero-order valence-corrected chi connectivity index (χ0v) is 10.8. The molecule has 0 saturated heterocycles. The van der Waals surface area contributed by atoms with Crippen LogP contribution in [0.5, 0.6) is 0 Å². The van der Waals surface area contributed by atoms with E-state index in [9.17, 15) is 9.18 Å². The summed E-state index contributed by atoms with van der Waals surface area (Å²) < 4.78 is 23.0. The molecule has 0 aliphatic carbocycles. The molecule has 0 bridgehead atoms. The highest BCUT2D eigenvalue weighted by molar-refractivity contribution is 5.95. The molecule has 18 heavy (non-hydrogen) atoms. The third kappa shape index (κ3) is 4.09. The van der Waals surface area contributed by atoms with E-state index in [4.69, 9.17) is 9.47 Å². The molecule has 0 radical (unpaired) electrons. The molecule has 0 heterocycles. The van der Waals surface area contributed by atoms with Gasteiger partial charge >= 0.3 is 0 Å². The molecule has 1 amide bonds. The van der Waals surface area contributed by atoms with Crippen molar-refractivity contribution < 1.29 is 18.7 Å². The van der Waals surface area contributed by atoms with Crippen LogP contribution in [-0.2, 0) is 9.47 Å². The fourth-order valence-electron chi connectivity index (χ4n) is 1.58. The summed E-state index contributed by atoms with van der Waals surface area (Å²) in [4.78, 5) is 11.9. The van der Waals surface area contributed by atoms with E-state index in [1.54, 1.807) is 21.1 Å². The van der Waals surface area contributed by atoms with Crippen LogP contribution in [0.2, 0.25) is 0 Å². The second-order valence-electron chi connectivity index (χ2n) is 3.98. The summed E-state index contributed by atoms with van der Waals surface area (Å²) in [5.74, 6) is -0.594. The van der Waals surface area contributed by atoms with Gasteiger partial charge in [0.25, 0.3) is 5.91 Å². The average molecular weight is 255 g/mol. The number of carbonyl (C=O) groups is 1. The third-order valence-electron chi connectivity index (χ3n) is 2.61. The average Bonchev–Trinajstić information content (AvgIpc) is 2.34. The van der Waals surface area contributed by atoms with E-state index in [-0.39, 0.29) is 17.8 Å². The van der Waals surface area contributed by atoms with Crippen molar-refractivity contribution in [3.63, 3.8) is 0 Å². The van der Waals surface area contributed by atoms with Gasteiger partial charge in [-0.3, -0.25) is 4.79 Å². The number of rotatable bonds is 6. The molecule has 1 rings (SSSR count). The SMILES string of the molecule is COCC(CNC(=O)c1ccc(F)cc1C)OC. The van der Waals surface area contributed by atoms with Crippen LogP contribution in [0.4, 0.5) is 4.39 Å². The van der Waals surface area contributed by atoms with Gasteiger partial charge in [0.15, 0.2) is 0 Å². The number of halogens is 1. The van der Waals surface area contributed by atoms with Crippen LogP contribution >= 0.6 is 0 Å². The van der Waals surface area contributed by atoms with Crippen molar-refractivity contribution in [2.24, 2.45) is 0 Å². The van der Waals surface area contributed by atoms with Gasteiger partial charge in [-0.2, -0.15) is 0 Å². The van der Waals surface area contributed by atoms with E-state index in [2.05, 4.69) is 5.32 Å². The van der Waals surface area contributed by atoms with Crippen molar-refractivity contribution >= 4 is 5.91 Å². The first-order valence-electron chi connectivity index (χ1n) is 5.64. The molecule has 1 aromatic carbocycles. The molecular formula is C13H18FNO3. The van der Waals surface area contributed by atoms with Crippen molar-refractivity contribution in [2.75, 3.05) is 27.4 Å². The smallest absolute Gasteiger partial charge is 0.251 e. The molecular weight excluding hydrogens is 237 g/mol. The number of hydrogen-bond donors (Lipinski definition) is 1. The van der Waals surface area contributed by atoms with E-state index in [1.807, 2.05) is 0 Å². The molecule has 4 nitrogen and oxygen atoms in total. The normalized spacial score (nSPS) is 12.2. The van der Waals surface area contributed by atoms with Crippen LogP contribution in [0.1, 0.15) is 15.9 Å². The van der Waals surface area contributed by atoms with Crippen molar-refractivity contribution in [1.82, 2.24) is 5.32 Å². The Hall–Kier alpha value is -1.46. The summed E-state index contributed by atoms with van der Waals surface area (Å²) in [5, 5.41) is 2.73. The zero-order valence-electron chi connectivity index (χ0n) is 10.8. The highest BCUT2D eigenvalue weighted by Gasteiger charge is 2.12. The maximum atomic E-state index is 12.9. The minimum Gasteiger partial charge on any atom is -0.382 e. The Balaban J connectivity index is 2.59. The summed E-state index contributed by atoms with van der Waals surface area (Å²) >= 11 is 0. The molecule has 0 aliphatic heterocycles. The van der Waals surface area contributed by atoms with Gasteiger partial charge in [-0.05, 0) is 30.7 Å². The summed E-state index contributed by atoms with van der Waals surface area (Å²) in [6, 6.07) is 4.07. The lowest BCUT2D eigenvalue weighted by Crippen LogP contribution is -2.35. The number of aryl methyl sites for hydroxylation is 1. The number of benzene rings is 1. The van der Waals surface area contributed by atoms with Gasteiger partial charge < -0.3 is 14.8 Å². The molecule has 100 valence electrons. The van der Waals surface area contributed by atoms with Crippen LogP contribution < -0.4 is 5.32 Å². The van der Waals surface area contributed by atoms with E-state index < -0.39 is 0 Å². The molecule has 0 fully saturated rings. The number of hydrogen-bond acceptors (Lipinski definition) is 3. The van der Waals surface area contributed by atoms with Crippen molar-refractivity contribution in [2.45, 2.75) is 13.0 Å². The van der Waals surface area contributed by atoms with Gasteiger partial charge in [0.2, 0.25) is 0 Å². The van der Waals surface area contributed by atoms with Gasteiger partial charge in [0.05, 0.1) is 12.7 Å². The van der Waals surface area contributed by atoms with Crippen molar-refractivity contribution in [3.05, 3.63) is 35.1 Å². The minimum atomic E-state index is -0.349. The Morgan fingerprint density at radius 1 is 1.44 bits per heavy atom. The van der Waals surface area contributed by atoms with E-state index in [0.29, 0.717) is 24.3 Å². The topological polar surface area (TPSA) is 47.6 Å². The number of ether oxygens (including phenoxy) is 2. The Labute approximate surface area is 106 Å². The van der Waals surface area contributed by atoms with E-state index >= 15 is 0 Å². The molecule has 1 N–H and O–H groups in total. The van der Waals surface area contributed by atoms with Crippen molar-refractivity contribution in [3.8, 4) is 0 Å². The van der Waals surface area contributed by atoms with E-state index in [0.717, 1.165) is 0 Å². The minimum absolute atomic E-state index is 0.195. The standard InChI is InChI=1S/C13H18FNO3/c1-9-6-10(14)4-5-12(9)13(16)15-7-11(18-3)8-17-2/h4-6,11H,7-8H2,1-3H3,(H,15,16). The fourth-order valence-corrected chi connectivity index (χ4v) is 1.58. The molecule has 1 aromatic rings. The summed E-state index contributed by atoms with van der Waals surface area (Å²) in [6.07, 6.45) is -0.195. The Kier molecular flexibility index (Phi) is 5.74. The fraction of sp³-hybridized carbons (Fsp3) is 0.462. The van der Waals surface area contributed by atoms with Crippen molar-refractivity contribution in [1.29, 1.82) is 0 Å². The molecule has 5 heteroatoms. The number of carbonyl (C=O) groups excluding carboxylic acids is 1. The Bertz CT molecular complexity index is 409. The lowest BCUT2D eigenvalue weighted by molar-refractivity contribution is 0.0285. The van der Waals surface area contributed by atoms with Crippen LogP contribution in [0.15, 0.2) is 18.2 Å². The zero-order chi connectivity index (χ0) is 13.5. The monoisotopic (exact) mass is 255 g/mol. The third-order valence-corrected chi connectivity index (χ3v) is 2.61. The predicted octanol–water partition coefficient (Wildman–Crippen LogP) is 1.53. The maximum absolute atomic E-state index is 12.9. The maximum Gasteiger partial charge on any atom is 0.251 e. The summed E-state index contributed by atoms with van der Waals surface area (Å²) in [7, 11) is 3.12. The Morgan fingerprint density at radius 3 is 2.72 bits per heavy atom. The predicted molar refractivity (Wildman–Crippen MR) is 66.1 cm³/mol. The molecule has 0 saturated carbocycles. The molecule has 1 atom stereocenters. The van der Waals surface area contributed by atoms with Crippen LogP contribution in [0.25, 0.3) is 0 Å². The number of methoxy groups -OCH3 is 2. The molecule has 1 unspecified atom stereocenters. The summed E-state index contributed by atoms with van der Waals surface area (Å²) in [5.41, 5.74) is 1.07. The highest BCUT2D eigenvalue weighted by Crippen LogP contribution is 2.09. The Morgan fingerprint density at radius 2 is 2.17 bits per heavy atom. The number of amides is 1. The second-order valence-corrected chi connectivity index (χ2v) is 3.98. The van der Waals surface area contributed by atoms with E-state index in [1.165, 1.54) is 18.2 Å². The van der Waals surface area contributed by atoms with Gasteiger partial charge in [-0.15, -0.1) is 0 Å². The van der Waals surface area contributed by atoms with Crippen LogP contribution in [0.3, 0.4) is 0 Å². The molecule has 0 aromatic heterocycles. The van der Waals surface area contributed by atoms with Gasteiger partial charge in [0.1, 0.15) is 5.82 Å². The number of nitrogens with one attached hydrogen (secondary N) is 1. The first-order valence-corrected chi connectivity index (χ1v) is 5.64. The first-order chi connectivity index (χ1) is 8.58. The quantitative estimate of drug-likeness (QED) is 0.838. The van der Waals surface area contributed by atoms with Crippen LogP contribution in [-0.4, -0.2) is 39.4 Å². The molecule has 0 spiro atoms. The van der Waals surface area contributed by atoms with Gasteiger partial charge in [-0.25, -0.2) is 4.39 Å². The largest absolute Gasteiger partial charge is 0.382 e.